The van der Waals surface area contributed by atoms with Crippen LogP contribution in [0.1, 0.15) is 23.6 Å². The van der Waals surface area contributed by atoms with Gasteiger partial charge in [0.25, 0.3) is 11.8 Å². The second kappa shape index (κ2) is 13.6. The first-order chi connectivity index (χ1) is 20.8. The van der Waals surface area contributed by atoms with Gasteiger partial charge in [0.15, 0.2) is 11.5 Å². The largest absolute Gasteiger partial charge is 0.490 e. The van der Waals surface area contributed by atoms with Crippen LogP contribution in [-0.2, 0) is 22.8 Å². The Bertz CT molecular complexity index is 1670. The molecule has 1 saturated heterocycles. The molecule has 4 amide bonds. The van der Waals surface area contributed by atoms with E-state index >= 15 is 0 Å². The number of amides is 4. The molecule has 0 aliphatic carbocycles. The Balaban J connectivity index is 1.36. The maximum Gasteiger partial charge on any atom is 0.335 e. The molecule has 0 bridgehead atoms. The predicted octanol–water partition coefficient (Wildman–Crippen LogP) is 7.33. The number of benzene rings is 4. The van der Waals surface area contributed by atoms with Gasteiger partial charge in [-0.1, -0.05) is 70.0 Å². The zero-order chi connectivity index (χ0) is 30.3. The third-order valence-electron chi connectivity index (χ3n) is 6.38. The van der Waals surface area contributed by atoms with Crippen LogP contribution in [0.25, 0.3) is 6.08 Å². The van der Waals surface area contributed by atoms with Crippen LogP contribution in [0.4, 0.5) is 10.5 Å². The summed E-state index contributed by atoms with van der Waals surface area (Å²) in [6.07, 6.45) is 1.36. The van der Waals surface area contributed by atoms with Crippen molar-refractivity contribution in [2.45, 2.75) is 20.1 Å². The van der Waals surface area contributed by atoms with Crippen molar-refractivity contribution in [1.29, 1.82) is 0 Å². The van der Waals surface area contributed by atoms with Gasteiger partial charge in [0.1, 0.15) is 24.5 Å². The summed E-state index contributed by atoms with van der Waals surface area (Å²) in [7, 11) is 0. The number of nitrogens with one attached hydrogen (secondary N) is 1. The highest BCUT2D eigenvalue weighted by molar-refractivity contribution is 9.10. The van der Waals surface area contributed by atoms with E-state index in [0.29, 0.717) is 36.0 Å². The normalized spacial score (nSPS) is 14.1. The second-order valence-electron chi connectivity index (χ2n) is 9.40. The number of ether oxygens (including phenoxy) is 3. The summed E-state index contributed by atoms with van der Waals surface area (Å²) >= 11 is 9.99. The van der Waals surface area contributed by atoms with Crippen molar-refractivity contribution in [2.75, 3.05) is 11.5 Å². The smallest absolute Gasteiger partial charge is 0.335 e. The van der Waals surface area contributed by atoms with E-state index in [-0.39, 0.29) is 22.9 Å². The minimum Gasteiger partial charge on any atom is -0.490 e. The van der Waals surface area contributed by atoms with Crippen molar-refractivity contribution in [3.05, 3.63) is 123 Å². The quantitative estimate of drug-likeness (QED) is 0.141. The average Bonchev–Trinajstić information content (AvgIpc) is 3.00. The molecule has 8 nitrogen and oxygen atoms in total. The van der Waals surface area contributed by atoms with E-state index in [1.165, 1.54) is 6.08 Å². The van der Waals surface area contributed by atoms with Gasteiger partial charge in [-0.25, -0.2) is 9.69 Å². The summed E-state index contributed by atoms with van der Waals surface area (Å²) < 4.78 is 18.5. The SMILES string of the molecule is CCOc1cc(/C=C2\C(=O)NC(=O)N(c3ccc(OCc4ccccc4)cc3)C2=O)cc(Cl)c1OCc1ccc(Br)cc1. The second-order valence-corrected chi connectivity index (χ2v) is 10.7. The van der Waals surface area contributed by atoms with E-state index in [4.69, 9.17) is 25.8 Å². The molecule has 0 radical (unpaired) electrons. The summed E-state index contributed by atoms with van der Waals surface area (Å²) in [5.74, 6) is -0.360. The van der Waals surface area contributed by atoms with Crippen molar-refractivity contribution in [1.82, 2.24) is 5.32 Å². The van der Waals surface area contributed by atoms with Crippen LogP contribution in [-0.4, -0.2) is 24.5 Å². The molecule has 4 aromatic rings. The minimum atomic E-state index is -0.852. The van der Waals surface area contributed by atoms with Gasteiger partial charge in [0.2, 0.25) is 0 Å². The first kappa shape index (κ1) is 29.9. The van der Waals surface area contributed by atoms with Gasteiger partial charge in [-0.2, -0.15) is 0 Å². The molecule has 0 spiro atoms. The van der Waals surface area contributed by atoms with Gasteiger partial charge in [-0.15, -0.1) is 0 Å². The van der Waals surface area contributed by atoms with Crippen molar-refractivity contribution < 1.29 is 28.6 Å². The first-order valence-corrected chi connectivity index (χ1v) is 14.5. The van der Waals surface area contributed by atoms with Crippen LogP contribution in [0.2, 0.25) is 5.02 Å². The number of rotatable bonds is 10. The molecular weight excluding hydrogens is 636 g/mol. The lowest BCUT2D eigenvalue weighted by Gasteiger charge is -2.26. The zero-order valence-electron chi connectivity index (χ0n) is 23.0. The average molecular weight is 662 g/mol. The van der Waals surface area contributed by atoms with E-state index in [1.807, 2.05) is 61.5 Å². The molecule has 5 rings (SSSR count). The van der Waals surface area contributed by atoms with E-state index in [0.717, 1.165) is 20.5 Å². The van der Waals surface area contributed by atoms with Crippen molar-refractivity contribution in [2.24, 2.45) is 0 Å². The number of barbiturate groups is 1. The number of urea groups is 1. The summed E-state index contributed by atoms with van der Waals surface area (Å²) in [4.78, 5) is 39.8. The highest BCUT2D eigenvalue weighted by atomic mass is 79.9. The molecule has 1 heterocycles. The highest BCUT2D eigenvalue weighted by Gasteiger charge is 2.37. The minimum absolute atomic E-state index is 0.234. The maximum absolute atomic E-state index is 13.4. The van der Waals surface area contributed by atoms with Crippen molar-refractivity contribution in [3.63, 3.8) is 0 Å². The number of carbonyl (C=O) groups excluding carboxylic acids is 3. The standard InChI is InChI=1S/C33H26BrClN2O6/c1-2-41-29-18-23(17-28(35)30(29)43-20-22-8-10-24(34)11-9-22)16-27-31(38)36-33(40)37(32(27)39)25-12-14-26(15-13-25)42-19-21-6-4-3-5-7-21/h3-18H,2,19-20H2,1H3,(H,36,38,40)/b27-16+. The fourth-order valence-electron chi connectivity index (χ4n) is 4.30. The Morgan fingerprint density at radius 2 is 1.51 bits per heavy atom. The monoisotopic (exact) mass is 660 g/mol. The lowest BCUT2D eigenvalue weighted by Crippen LogP contribution is -2.54. The number of anilines is 1. The molecule has 43 heavy (non-hydrogen) atoms. The Morgan fingerprint density at radius 3 is 2.21 bits per heavy atom. The predicted molar refractivity (Wildman–Crippen MR) is 167 cm³/mol. The van der Waals surface area contributed by atoms with Crippen LogP contribution < -0.4 is 24.4 Å². The van der Waals surface area contributed by atoms with Crippen LogP contribution in [0, 0.1) is 0 Å². The molecule has 218 valence electrons. The van der Waals surface area contributed by atoms with Crippen LogP contribution in [0.3, 0.4) is 0 Å². The number of halogens is 2. The molecule has 1 fully saturated rings. The van der Waals surface area contributed by atoms with E-state index in [2.05, 4.69) is 21.2 Å². The molecule has 1 N–H and O–H groups in total. The molecule has 0 saturated carbocycles. The summed E-state index contributed by atoms with van der Waals surface area (Å²) in [5, 5.41) is 2.47. The van der Waals surface area contributed by atoms with Gasteiger partial charge in [0.05, 0.1) is 17.3 Å². The third-order valence-corrected chi connectivity index (χ3v) is 7.19. The van der Waals surface area contributed by atoms with Crippen molar-refractivity contribution >= 4 is 57.1 Å². The topological polar surface area (TPSA) is 94.2 Å². The molecule has 4 aromatic carbocycles. The first-order valence-electron chi connectivity index (χ1n) is 13.3. The zero-order valence-corrected chi connectivity index (χ0v) is 25.4. The fraction of sp³-hybridized carbons (Fsp3) is 0.121. The van der Waals surface area contributed by atoms with Gasteiger partial charge in [-0.3, -0.25) is 14.9 Å². The Hall–Kier alpha value is -4.60. The van der Waals surface area contributed by atoms with Gasteiger partial charge >= 0.3 is 6.03 Å². The molecular formula is C33H26BrClN2O6. The Labute approximate surface area is 261 Å². The summed E-state index contributed by atoms with van der Waals surface area (Å²) in [5.41, 5.74) is 2.38. The van der Waals surface area contributed by atoms with Crippen LogP contribution in [0.15, 0.2) is 101 Å². The number of hydrogen-bond donors (Lipinski definition) is 1. The van der Waals surface area contributed by atoms with Crippen molar-refractivity contribution in [3.8, 4) is 17.2 Å². The summed E-state index contributed by atoms with van der Waals surface area (Å²) in [6.45, 7) is 2.77. The van der Waals surface area contributed by atoms with Gasteiger partial charge < -0.3 is 14.2 Å². The third kappa shape index (κ3) is 7.25. The molecule has 0 atom stereocenters. The highest BCUT2D eigenvalue weighted by Crippen LogP contribution is 2.38. The Kier molecular flexibility index (Phi) is 9.44. The number of hydrogen-bond acceptors (Lipinski definition) is 6. The molecule has 0 aromatic heterocycles. The van der Waals surface area contributed by atoms with Gasteiger partial charge in [-0.05, 0) is 78.2 Å². The molecule has 1 aliphatic rings. The fourth-order valence-corrected chi connectivity index (χ4v) is 4.84. The number of imide groups is 2. The maximum atomic E-state index is 13.4. The van der Waals surface area contributed by atoms with Crippen LogP contribution in [0.5, 0.6) is 17.2 Å². The summed E-state index contributed by atoms with van der Waals surface area (Å²) in [6, 6.07) is 26.1. The number of carbonyl (C=O) groups is 3. The van der Waals surface area contributed by atoms with E-state index in [1.54, 1.807) is 36.4 Å². The van der Waals surface area contributed by atoms with Crippen LogP contribution >= 0.6 is 27.5 Å². The van der Waals surface area contributed by atoms with E-state index < -0.39 is 17.8 Å². The lowest BCUT2D eigenvalue weighted by atomic mass is 10.1. The number of nitrogens with zero attached hydrogens (tertiary/aromatic N) is 1. The van der Waals surface area contributed by atoms with E-state index in [9.17, 15) is 14.4 Å². The lowest BCUT2D eigenvalue weighted by molar-refractivity contribution is -0.122. The van der Waals surface area contributed by atoms with Gasteiger partial charge in [0, 0.05) is 4.47 Å². The molecule has 10 heteroatoms. The molecule has 1 aliphatic heterocycles. The molecule has 0 unspecified atom stereocenters. The Morgan fingerprint density at radius 1 is 0.837 bits per heavy atom.